The zero-order valence-electron chi connectivity index (χ0n) is 10.6. The van der Waals surface area contributed by atoms with Crippen LogP contribution in [0, 0.1) is 23.0 Å². The minimum Gasteiger partial charge on any atom is -0.381 e. The third-order valence-electron chi connectivity index (χ3n) is 3.53. The predicted octanol–water partition coefficient (Wildman–Crippen LogP) is 3.80. The van der Waals surface area contributed by atoms with Crippen LogP contribution in [0.3, 0.4) is 0 Å². The standard InChI is InChI=1S/C16H12F2N2/c17-12-3-1-10(2-4-12)14-8-16(14)20-15-6-5-13(18)7-11(15)9-19/h1-7,14,16,20H,8H2/t14-,16+/m0/s1. The molecule has 1 saturated carbocycles. The largest absolute Gasteiger partial charge is 0.381 e. The summed E-state index contributed by atoms with van der Waals surface area (Å²) in [5.41, 5.74) is 2.02. The smallest absolute Gasteiger partial charge is 0.124 e. The molecule has 0 amide bonds. The minimum absolute atomic E-state index is 0.207. The quantitative estimate of drug-likeness (QED) is 0.920. The van der Waals surface area contributed by atoms with Crippen molar-refractivity contribution in [2.45, 2.75) is 18.4 Å². The number of halogens is 2. The second-order valence-electron chi connectivity index (χ2n) is 4.95. The Labute approximate surface area is 115 Å². The van der Waals surface area contributed by atoms with Gasteiger partial charge in [-0.25, -0.2) is 8.78 Å². The van der Waals surface area contributed by atoms with Gasteiger partial charge in [-0.2, -0.15) is 5.26 Å². The molecule has 2 atom stereocenters. The highest BCUT2D eigenvalue weighted by molar-refractivity contribution is 5.59. The normalized spacial score (nSPS) is 20.2. The molecule has 100 valence electrons. The molecule has 2 aromatic carbocycles. The highest BCUT2D eigenvalue weighted by Gasteiger charge is 2.38. The van der Waals surface area contributed by atoms with Crippen molar-refractivity contribution in [2.75, 3.05) is 5.32 Å². The van der Waals surface area contributed by atoms with E-state index in [2.05, 4.69) is 5.32 Å². The zero-order chi connectivity index (χ0) is 14.1. The Balaban J connectivity index is 1.72. The summed E-state index contributed by atoms with van der Waals surface area (Å²) in [5.74, 6) is -0.352. The number of benzene rings is 2. The lowest BCUT2D eigenvalue weighted by Gasteiger charge is -2.08. The molecule has 1 N–H and O–H groups in total. The van der Waals surface area contributed by atoms with Crippen molar-refractivity contribution in [3.05, 3.63) is 65.2 Å². The van der Waals surface area contributed by atoms with Crippen LogP contribution in [0.15, 0.2) is 42.5 Å². The second-order valence-corrected chi connectivity index (χ2v) is 4.95. The lowest BCUT2D eigenvalue weighted by atomic mass is 10.1. The summed E-state index contributed by atoms with van der Waals surface area (Å²) in [4.78, 5) is 0. The molecule has 0 heterocycles. The van der Waals surface area contributed by atoms with Crippen LogP contribution in [0.5, 0.6) is 0 Å². The first-order valence-corrected chi connectivity index (χ1v) is 6.39. The van der Waals surface area contributed by atoms with Crippen LogP contribution in [0.1, 0.15) is 23.5 Å². The van der Waals surface area contributed by atoms with Gasteiger partial charge in [-0.15, -0.1) is 0 Å². The van der Waals surface area contributed by atoms with Crippen LogP contribution >= 0.6 is 0 Å². The number of rotatable bonds is 3. The molecule has 3 rings (SSSR count). The van der Waals surface area contributed by atoms with Gasteiger partial charge in [0, 0.05) is 12.0 Å². The summed E-state index contributed by atoms with van der Waals surface area (Å²) in [6, 6.07) is 12.8. The van der Waals surface area contributed by atoms with E-state index in [0.29, 0.717) is 17.2 Å². The van der Waals surface area contributed by atoms with E-state index in [1.807, 2.05) is 6.07 Å². The molecule has 4 heteroatoms. The maximum atomic E-state index is 13.1. The SMILES string of the molecule is N#Cc1cc(F)ccc1N[C@@H]1C[C@H]1c1ccc(F)cc1. The van der Waals surface area contributed by atoms with Gasteiger partial charge in [0.25, 0.3) is 0 Å². The van der Waals surface area contributed by atoms with Crippen molar-refractivity contribution >= 4 is 5.69 Å². The molecule has 0 saturated heterocycles. The fourth-order valence-corrected chi connectivity index (χ4v) is 2.37. The van der Waals surface area contributed by atoms with Gasteiger partial charge >= 0.3 is 0 Å². The van der Waals surface area contributed by atoms with E-state index in [-0.39, 0.29) is 11.9 Å². The summed E-state index contributed by atoms with van der Waals surface area (Å²) in [6.45, 7) is 0. The van der Waals surface area contributed by atoms with E-state index in [4.69, 9.17) is 5.26 Å². The Morgan fingerprint density at radius 2 is 1.75 bits per heavy atom. The lowest BCUT2D eigenvalue weighted by molar-refractivity contribution is 0.627. The summed E-state index contributed by atoms with van der Waals surface area (Å²) in [6.07, 6.45) is 0.924. The fourth-order valence-electron chi connectivity index (χ4n) is 2.37. The molecule has 2 aromatic rings. The zero-order valence-corrected chi connectivity index (χ0v) is 10.6. The van der Waals surface area contributed by atoms with E-state index in [1.54, 1.807) is 18.2 Å². The molecule has 1 aliphatic rings. The maximum absolute atomic E-state index is 13.1. The number of anilines is 1. The maximum Gasteiger partial charge on any atom is 0.124 e. The van der Waals surface area contributed by atoms with Gasteiger partial charge in [-0.1, -0.05) is 12.1 Å². The predicted molar refractivity (Wildman–Crippen MR) is 72.3 cm³/mol. The van der Waals surface area contributed by atoms with Crippen molar-refractivity contribution in [1.82, 2.24) is 0 Å². The molecule has 20 heavy (non-hydrogen) atoms. The van der Waals surface area contributed by atoms with Crippen molar-refractivity contribution in [1.29, 1.82) is 5.26 Å². The number of nitrogens with one attached hydrogen (secondary N) is 1. The molecule has 0 bridgehead atoms. The molecule has 1 fully saturated rings. The van der Waals surface area contributed by atoms with Crippen molar-refractivity contribution in [2.24, 2.45) is 0 Å². The summed E-state index contributed by atoms with van der Waals surface area (Å²) < 4.78 is 25.9. The molecular weight excluding hydrogens is 258 g/mol. The van der Waals surface area contributed by atoms with Gasteiger partial charge in [-0.3, -0.25) is 0 Å². The van der Waals surface area contributed by atoms with Crippen LogP contribution in [-0.2, 0) is 0 Å². The van der Waals surface area contributed by atoms with Crippen LogP contribution in [0.4, 0.5) is 14.5 Å². The Bertz CT molecular complexity index is 674. The summed E-state index contributed by atoms with van der Waals surface area (Å²) >= 11 is 0. The topological polar surface area (TPSA) is 35.8 Å². The molecule has 0 aliphatic heterocycles. The fraction of sp³-hybridized carbons (Fsp3) is 0.188. The first kappa shape index (κ1) is 12.6. The van der Waals surface area contributed by atoms with Gasteiger partial charge in [0.15, 0.2) is 0 Å². The Morgan fingerprint density at radius 3 is 2.45 bits per heavy atom. The number of hydrogen-bond acceptors (Lipinski definition) is 2. The Morgan fingerprint density at radius 1 is 1.05 bits per heavy atom. The molecule has 0 unspecified atom stereocenters. The van der Waals surface area contributed by atoms with E-state index >= 15 is 0 Å². The molecular formula is C16H12F2N2. The molecule has 2 nitrogen and oxygen atoms in total. The van der Waals surface area contributed by atoms with E-state index in [0.717, 1.165) is 12.0 Å². The Hall–Kier alpha value is -2.41. The van der Waals surface area contributed by atoms with E-state index in [1.165, 1.54) is 24.3 Å². The summed E-state index contributed by atoms with van der Waals surface area (Å²) in [5, 5.41) is 12.2. The van der Waals surface area contributed by atoms with Crippen LogP contribution in [0.2, 0.25) is 0 Å². The first-order valence-electron chi connectivity index (χ1n) is 6.39. The average molecular weight is 270 g/mol. The lowest BCUT2D eigenvalue weighted by Crippen LogP contribution is -2.06. The number of hydrogen-bond donors (Lipinski definition) is 1. The molecule has 0 radical (unpaired) electrons. The van der Waals surface area contributed by atoms with Gasteiger partial charge in [0.05, 0.1) is 11.3 Å². The van der Waals surface area contributed by atoms with Crippen molar-refractivity contribution in [3.63, 3.8) is 0 Å². The number of nitriles is 1. The van der Waals surface area contributed by atoms with Gasteiger partial charge in [0.1, 0.15) is 17.7 Å². The third kappa shape index (κ3) is 2.48. The van der Waals surface area contributed by atoms with Crippen molar-refractivity contribution in [3.8, 4) is 6.07 Å². The minimum atomic E-state index is -0.419. The monoisotopic (exact) mass is 270 g/mol. The number of nitrogens with zero attached hydrogens (tertiary/aromatic N) is 1. The van der Waals surface area contributed by atoms with Gasteiger partial charge in [0.2, 0.25) is 0 Å². The van der Waals surface area contributed by atoms with Crippen LogP contribution < -0.4 is 5.32 Å². The second kappa shape index (κ2) is 4.93. The Kier molecular flexibility index (Phi) is 3.11. The molecule has 0 aromatic heterocycles. The average Bonchev–Trinajstić information content (AvgIpc) is 3.21. The van der Waals surface area contributed by atoms with Crippen molar-refractivity contribution < 1.29 is 8.78 Å². The van der Waals surface area contributed by atoms with E-state index < -0.39 is 5.82 Å². The van der Waals surface area contributed by atoms with Gasteiger partial charge in [-0.05, 0) is 42.3 Å². The van der Waals surface area contributed by atoms with Gasteiger partial charge < -0.3 is 5.32 Å². The highest BCUT2D eigenvalue weighted by atomic mass is 19.1. The molecule has 0 spiro atoms. The van der Waals surface area contributed by atoms with Crippen LogP contribution in [-0.4, -0.2) is 6.04 Å². The summed E-state index contributed by atoms with van der Waals surface area (Å²) in [7, 11) is 0. The highest BCUT2D eigenvalue weighted by Crippen LogP contribution is 2.43. The van der Waals surface area contributed by atoms with Crippen LogP contribution in [0.25, 0.3) is 0 Å². The third-order valence-corrected chi connectivity index (χ3v) is 3.53. The molecule has 1 aliphatic carbocycles. The van der Waals surface area contributed by atoms with E-state index in [9.17, 15) is 8.78 Å². The first-order chi connectivity index (χ1) is 9.67.